The smallest absolute Gasteiger partial charge is 0.223 e. The lowest BCUT2D eigenvalue weighted by Crippen LogP contribution is -2.49. The molecule has 2 N–H and O–H groups in total. The Bertz CT molecular complexity index is 414. The summed E-state index contributed by atoms with van der Waals surface area (Å²) in [4.78, 5) is 11.9. The van der Waals surface area contributed by atoms with Crippen LogP contribution in [0.5, 0.6) is 0 Å². The zero-order valence-electron chi connectivity index (χ0n) is 11.1. The van der Waals surface area contributed by atoms with E-state index < -0.39 is 0 Å². The van der Waals surface area contributed by atoms with Crippen molar-refractivity contribution in [2.45, 2.75) is 33.2 Å². The maximum absolute atomic E-state index is 11.9. The van der Waals surface area contributed by atoms with Gasteiger partial charge < -0.3 is 10.6 Å². The van der Waals surface area contributed by atoms with Gasteiger partial charge in [-0.15, -0.1) is 10.2 Å². The first-order chi connectivity index (χ1) is 8.58. The fraction of sp³-hybridized carbons (Fsp3) is 0.750. The van der Waals surface area contributed by atoms with Gasteiger partial charge in [-0.25, -0.2) is 0 Å². The summed E-state index contributed by atoms with van der Waals surface area (Å²) >= 11 is 1.57. The number of carbonyl (C=O) groups excluding carboxylic acids is 1. The highest BCUT2D eigenvalue weighted by Crippen LogP contribution is 2.19. The van der Waals surface area contributed by atoms with Gasteiger partial charge in [-0.1, -0.05) is 32.1 Å². The van der Waals surface area contributed by atoms with Gasteiger partial charge in [-0.05, 0) is 19.0 Å². The van der Waals surface area contributed by atoms with Crippen LogP contribution in [0.3, 0.4) is 0 Å². The van der Waals surface area contributed by atoms with E-state index >= 15 is 0 Å². The number of carbonyl (C=O) groups is 1. The Morgan fingerprint density at radius 3 is 2.67 bits per heavy atom. The van der Waals surface area contributed by atoms with Gasteiger partial charge in [-0.3, -0.25) is 4.79 Å². The Morgan fingerprint density at radius 1 is 1.44 bits per heavy atom. The molecular weight excluding hydrogens is 248 g/mol. The average molecular weight is 268 g/mol. The van der Waals surface area contributed by atoms with Gasteiger partial charge in [-0.2, -0.15) is 0 Å². The molecule has 1 aliphatic heterocycles. The molecule has 18 heavy (non-hydrogen) atoms. The number of amides is 1. The second-order valence-corrected chi connectivity index (χ2v) is 6.21. The lowest BCUT2D eigenvalue weighted by atomic mass is 9.88. The van der Waals surface area contributed by atoms with Crippen LogP contribution in [-0.4, -0.2) is 29.2 Å². The maximum Gasteiger partial charge on any atom is 0.223 e. The van der Waals surface area contributed by atoms with Crippen LogP contribution in [0.25, 0.3) is 0 Å². The molecule has 1 amide bonds. The molecule has 1 aromatic rings. The number of hydrogen-bond donors (Lipinski definition) is 2. The number of hydrogen-bond acceptors (Lipinski definition) is 5. The summed E-state index contributed by atoms with van der Waals surface area (Å²) < 4.78 is 0. The van der Waals surface area contributed by atoms with Crippen molar-refractivity contribution in [2.75, 3.05) is 13.1 Å². The van der Waals surface area contributed by atoms with Crippen LogP contribution in [0.4, 0.5) is 0 Å². The lowest BCUT2D eigenvalue weighted by Gasteiger charge is -2.31. The fourth-order valence-corrected chi connectivity index (χ4v) is 2.56. The Kier molecular flexibility index (Phi) is 4.29. The Labute approximate surface area is 111 Å². The third-order valence-electron chi connectivity index (χ3n) is 3.32. The molecule has 100 valence electrons. The molecule has 6 heteroatoms. The summed E-state index contributed by atoms with van der Waals surface area (Å²) in [5, 5.41) is 16.2. The van der Waals surface area contributed by atoms with Crippen LogP contribution in [0.1, 0.15) is 36.7 Å². The molecule has 1 fully saturated rings. The van der Waals surface area contributed by atoms with Crippen molar-refractivity contribution < 1.29 is 4.79 Å². The van der Waals surface area contributed by atoms with Crippen LogP contribution >= 0.6 is 11.3 Å². The van der Waals surface area contributed by atoms with Gasteiger partial charge in [0.1, 0.15) is 10.0 Å². The van der Waals surface area contributed by atoms with Crippen molar-refractivity contribution in [2.24, 2.45) is 11.8 Å². The third-order valence-corrected chi connectivity index (χ3v) is 4.55. The minimum atomic E-state index is 0.0729. The van der Waals surface area contributed by atoms with Crippen molar-refractivity contribution in [3.63, 3.8) is 0 Å². The van der Waals surface area contributed by atoms with Crippen LogP contribution in [0, 0.1) is 11.8 Å². The summed E-state index contributed by atoms with van der Waals surface area (Å²) in [6.45, 7) is 8.56. The quantitative estimate of drug-likeness (QED) is 0.840. The monoisotopic (exact) mass is 268 g/mol. The van der Waals surface area contributed by atoms with E-state index in [1.807, 2.05) is 6.92 Å². The first-order valence-corrected chi connectivity index (χ1v) is 7.20. The average Bonchev–Trinajstić information content (AvgIpc) is 2.72. The first-order valence-electron chi connectivity index (χ1n) is 6.38. The van der Waals surface area contributed by atoms with E-state index in [1.54, 1.807) is 11.3 Å². The van der Waals surface area contributed by atoms with Crippen molar-refractivity contribution >= 4 is 17.2 Å². The van der Waals surface area contributed by atoms with E-state index in [0.29, 0.717) is 18.4 Å². The number of nitrogens with one attached hydrogen (secondary N) is 2. The molecule has 1 aliphatic rings. The molecule has 5 nitrogen and oxygen atoms in total. The normalized spacial score (nSPS) is 17.6. The highest BCUT2D eigenvalue weighted by molar-refractivity contribution is 7.11. The minimum absolute atomic E-state index is 0.0729. The summed E-state index contributed by atoms with van der Waals surface area (Å²) in [7, 11) is 0. The second kappa shape index (κ2) is 5.75. The highest BCUT2D eigenvalue weighted by atomic mass is 32.1. The minimum Gasteiger partial charge on any atom is -0.349 e. The molecule has 1 aromatic heterocycles. The van der Waals surface area contributed by atoms with Crippen molar-refractivity contribution in [3.05, 3.63) is 10.0 Å². The van der Waals surface area contributed by atoms with E-state index in [4.69, 9.17) is 0 Å². The number of nitrogens with zero attached hydrogens (tertiary/aromatic N) is 2. The molecule has 0 aromatic carbocycles. The SMILES string of the molecule is CC(C)c1nnc(CNC(=O)C(C)C2CNC2)s1. The zero-order chi connectivity index (χ0) is 13.1. The largest absolute Gasteiger partial charge is 0.349 e. The first kappa shape index (κ1) is 13.4. The Hall–Kier alpha value is -1.01. The summed E-state index contributed by atoms with van der Waals surface area (Å²) in [6, 6.07) is 0. The summed E-state index contributed by atoms with van der Waals surface area (Å²) in [6.07, 6.45) is 0. The molecule has 1 unspecified atom stereocenters. The molecule has 0 bridgehead atoms. The van der Waals surface area contributed by atoms with Gasteiger partial charge in [0.05, 0.1) is 6.54 Å². The topological polar surface area (TPSA) is 66.9 Å². The maximum atomic E-state index is 11.9. The van der Waals surface area contributed by atoms with Crippen LogP contribution in [-0.2, 0) is 11.3 Å². The van der Waals surface area contributed by atoms with Gasteiger partial charge in [0.2, 0.25) is 5.91 Å². The van der Waals surface area contributed by atoms with E-state index in [-0.39, 0.29) is 11.8 Å². The van der Waals surface area contributed by atoms with Gasteiger partial charge in [0.25, 0.3) is 0 Å². The number of rotatable bonds is 5. The molecule has 0 saturated carbocycles. The highest BCUT2D eigenvalue weighted by Gasteiger charge is 2.28. The predicted octanol–water partition coefficient (Wildman–Crippen LogP) is 1.13. The van der Waals surface area contributed by atoms with Crippen LogP contribution in [0.2, 0.25) is 0 Å². The second-order valence-electron chi connectivity index (χ2n) is 5.11. The molecule has 2 heterocycles. The summed E-state index contributed by atoms with van der Waals surface area (Å²) in [5.74, 6) is 1.06. The Morgan fingerprint density at radius 2 is 2.17 bits per heavy atom. The third kappa shape index (κ3) is 3.05. The molecule has 1 atom stereocenters. The molecule has 2 rings (SSSR count). The number of aromatic nitrogens is 2. The molecule has 0 spiro atoms. The van der Waals surface area contributed by atoms with E-state index in [0.717, 1.165) is 23.1 Å². The van der Waals surface area contributed by atoms with Crippen molar-refractivity contribution in [1.82, 2.24) is 20.8 Å². The lowest BCUT2D eigenvalue weighted by molar-refractivity contribution is -0.126. The molecule has 1 saturated heterocycles. The molecule has 0 radical (unpaired) electrons. The van der Waals surface area contributed by atoms with Crippen molar-refractivity contribution in [3.8, 4) is 0 Å². The van der Waals surface area contributed by atoms with E-state index in [2.05, 4.69) is 34.7 Å². The van der Waals surface area contributed by atoms with Gasteiger partial charge in [0, 0.05) is 11.8 Å². The zero-order valence-corrected chi connectivity index (χ0v) is 11.9. The van der Waals surface area contributed by atoms with Crippen molar-refractivity contribution in [1.29, 1.82) is 0 Å². The van der Waals surface area contributed by atoms with Gasteiger partial charge in [0.15, 0.2) is 0 Å². The predicted molar refractivity (Wildman–Crippen MR) is 71.4 cm³/mol. The molecular formula is C12H20N4OS. The fourth-order valence-electron chi connectivity index (χ4n) is 1.77. The van der Waals surface area contributed by atoms with Crippen LogP contribution in [0.15, 0.2) is 0 Å². The summed E-state index contributed by atoms with van der Waals surface area (Å²) in [5.41, 5.74) is 0. The standard InChI is InChI=1S/C12H20N4OS/c1-7(2)12-16-15-10(18-12)6-14-11(17)8(3)9-4-13-5-9/h7-9,13H,4-6H2,1-3H3,(H,14,17). The van der Waals surface area contributed by atoms with Gasteiger partial charge >= 0.3 is 0 Å². The van der Waals surface area contributed by atoms with E-state index in [9.17, 15) is 4.79 Å². The Balaban J connectivity index is 1.81. The van der Waals surface area contributed by atoms with E-state index in [1.165, 1.54) is 0 Å². The molecule has 0 aliphatic carbocycles. The van der Waals surface area contributed by atoms with Crippen LogP contribution < -0.4 is 10.6 Å².